The third kappa shape index (κ3) is 3.82. The number of halogens is 3. The first-order valence-electron chi connectivity index (χ1n) is 5.94. The van der Waals surface area contributed by atoms with Crippen LogP contribution in [0.25, 0.3) is 0 Å². The Morgan fingerprint density at radius 3 is 2.82 bits per heavy atom. The summed E-state index contributed by atoms with van der Waals surface area (Å²) in [5.41, 5.74) is 0.199. The van der Waals surface area contributed by atoms with E-state index in [9.17, 15) is 18.0 Å². The molecule has 9 heteroatoms. The van der Waals surface area contributed by atoms with E-state index in [1.54, 1.807) is 0 Å². The summed E-state index contributed by atoms with van der Waals surface area (Å²) in [5.74, 6) is -0.739. The average Bonchev–Trinajstić information content (AvgIpc) is 2.96. The van der Waals surface area contributed by atoms with Crippen molar-refractivity contribution in [3.8, 4) is 5.75 Å². The summed E-state index contributed by atoms with van der Waals surface area (Å²) < 4.78 is 43.6. The van der Waals surface area contributed by atoms with Crippen molar-refractivity contribution < 1.29 is 22.7 Å². The Morgan fingerprint density at radius 2 is 2.23 bits per heavy atom. The van der Waals surface area contributed by atoms with Crippen molar-refractivity contribution in [2.75, 3.05) is 11.9 Å². The van der Waals surface area contributed by atoms with E-state index in [1.165, 1.54) is 11.6 Å². The third-order valence-electron chi connectivity index (χ3n) is 2.49. The standard InChI is InChI=1S/C13H10F3N3O2S/c1-2-5-21-10-4-3-8(13(14,15)16)6-9(10)11(20)18-12-19-17-7-22-12/h2-4,6-7H,1,5H2,(H,18,19,20). The molecule has 0 aliphatic rings. The number of anilines is 1. The molecule has 1 aromatic heterocycles. The highest BCUT2D eigenvalue weighted by Crippen LogP contribution is 2.33. The predicted molar refractivity (Wildman–Crippen MR) is 75.0 cm³/mol. The Labute approximate surface area is 127 Å². The number of aromatic nitrogens is 2. The zero-order chi connectivity index (χ0) is 16.2. The van der Waals surface area contributed by atoms with Crippen molar-refractivity contribution in [3.05, 3.63) is 47.5 Å². The molecule has 1 heterocycles. The van der Waals surface area contributed by atoms with Gasteiger partial charge in [0.15, 0.2) is 0 Å². The van der Waals surface area contributed by atoms with Crippen LogP contribution in [0.15, 0.2) is 36.4 Å². The van der Waals surface area contributed by atoms with Gasteiger partial charge in [-0.1, -0.05) is 24.0 Å². The number of carbonyl (C=O) groups is 1. The molecule has 2 aromatic rings. The average molecular weight is 329 g/mol. The first-order valence-corrected chi connectivity index (χ1v) is 6.82. The van der Waals surface area contributed by atoms with Gasteiger partial charge in [-0.15, -0.1) is 10.2 Å². The van der Waals surface area contributed by atoms with E-state index in [4.69, 9.17) is 4.74 Å². The van der Waals surface area contributed by atoms with Crippen LogP contribution in [0.2, 0.25) is 0 Å². The second-order valence-electron chi connectivity index (χ2n) is 4.01. The Hall–Kier alpha value is -2.42. The maximum atomic E-state index is 12.8. The Bertz CT molecular complexity index is 672. The van der Waals surface area contributed by atoms with Crippen LogP contribution in [0.1, 0.15) is 15.9 Å². The van der Waals surface area contributed by atoms with Crippen molar-refractivity contribution in [1.29, 1.82) is 0 Å². The fraction of sp³-hybridized carbons (Fsp3) is 0.154. The van der Waals surface area contributed by atoms with E-state index in [0.717, 1.165) is 29.5 Å². The van der Waals surface area contributed by atoms with Crippen LogP contribution >= 0.6 is 11.3 Å². The van der Waals surface area contributed by atoms with Crippen molar-refractivity contribution in [3.63, 3.8) is 0 Å². The normalized spacial score (nSPS) is 11.0. The van der Waals surface area contributed by atoms with Gasteiger partial charge in [-0.3, -0.25) is 10.1 Å². The predicted octanol–water partition coefficient (Wildman–Crippen LogP) is 3.37. The molecule has 1 N–H and O–H groups in total. The lowest BCUT2D eigenvalue weighted by Crippen LogP contribution is -2.16. The van der Waals surface area contributed by atoms with Crippen molar-refractivity contribution in [2.45, 2.75) is 6.18 Å². The van der Waals surface area contributed by atoms with Crippen LogP contribution < -0.4 is 10.1 Å². The van der Waals surface area contributed by atoms with E-state index < -0.39 is 17.6 Å². The molecule has 0 aliphatic carbocycles. The maximum Gasteiger partial charge on any atom is 0.416 e. The molecule has 1 aromatic carbocycles. The van der Waals surface area contributed by atoms with Gasteiger partial charge in [-0.2, -0.15) is 13.2 Å². The van der Waals surface area contributed by atoms with E-state index in [-0.39, 0.29) is 23.1 Å². The maximum absolute atomic E-state index is 12.8. The van der Waals surface area contributed by atoms with Gasteiger partial charge in [0.2, 0.25) is 5.13 Å². The molecule has 0 radical (unpaired) electrons. The molecule has 0 spiro atoms. The second kappa shape index (κ2) is 6.56. The fourth-order valence-electron chi connectivity index (χ4n) is 1.55. The van der Waals surface area contributed by atoms with E-state index in [1.807, 2.05) is 0 Å². The number of nitrogens with one attached hydrogen (secondary N) is 1. The first kappa shape index (κ1) is 16.0. The van der Waals surface area contributed by atoms with Crippen LogP contribution in [-0.4, -0.2) is 22.7 Å². The van der Waals surface area contributed by atoms with Gasteiger partial charge in [-0.05, 0) is 18.2 Å². The molecule has 116 valence electrons. The van der Waals surface area contributed by atoms with Gasteiger partial charge in [-0.25, -0.2) is 0 Å². The van der Waals surface area contributed by atoms with Gasteiger partial charge >= 0.3 is 6.18 Å². The molecule has 0 unspecified atom stereocenters. The number of nitrogens with zero attached hydrogens (tertiary/aromatic N) is 2. The summed E-state index contributed by atoms with van der Waals surface area (Å²) >= 11 is 1.05. The number of benzene rings is 1. The van der Waals surface area contributed by atoms with Crippen LogP contribution in [0.4, 0.5) is 18.3 Å². The highest BCUT2D eigenvalue weighted by molar-refractivity contribution is 7.13. The lowest BCUT2D eigenvalue weighted by Gasteiger charge is -2.13. The number of hydrogen-bond donors (Lipinski definition) is 1. The molecule has 1 amide bonds. The zero-order valence-electron chi connectivity index (χ0n) is 11.1. The van der Waals surface area contributed by atoms with Gasteiger partial charge in [0.25, 0.3) is 5.91 Å². The van der Waals surface area contributed by atoms with E-state index >= 15 is 0 Å². The quantitative estimate of drug-likeness (QED) is 0.854. The summed E-state index contributed by atoms with van der Waals surface area (Å²) in [7, 11) is 0. The van der Waals surface area contributed by atoms with E-state index in [0.29, 0.717) is 0 Å². The molecule has 22 heavy (non-hydrogen) atoms. The molecule has 0 aliphatic heterocycles. The number of alkyl halides is 3. The number of amides is 1. The number of carbonyl (C=O) groups excluding carboxylic acids is 1. The molecule has 5 nitrogen and oxygen atoms in total. The monoisotopic (exact) mass is 329 g/mol. The highest BCUT2D eigenvalue weighted by atomic mass is 32.1. The van der Waals surface area contributed by atoms with Gasteiger partial charge in [0, 0.05) is 0 Å². The highest BCUT2D eigenvalue weighted by Gasteiger charge is 2.32. The SMILES string of the molecule is C=CCOc1ccc(C(F)(F)F)cc1C(=O)Nc1nncs1. The molecule has 0 saturated heterocycles. The number of rotatable bonds is 5. The molecular formula is C13H10F3N3O2S. The Morgan fingerprint density at radius 1 is 1.45 bits per heavy atom. The van der Waals surface area contributed by atoms with Crippen LogP contribution in [-0.2, 0) is 6.18 Å². The lowest BCUT2D eigenvalue weighted by molar-refractivity contribution is -0.137. The van der Waals surface area contributed by atoms with Crippen molar-refractivity contribution >= 4 is 22.4 Å². The summed E-state index contributed by atoms with van der Waals surface area (Å²) in [5, 5.41) is 9.67. The minimum absolute atomic E-state index is 0.0231. The van der Waals surface area contributed by atoms with Gasteiger partial charge < -0.3 is 4.74 Å². The van der Waals surface area contributed by atoms with Crippen LogP contribution in [0.3, 0.4) is 0 Å². The lowest BCUT2D eigenvalue weighted by atomic mass is 10.1. The van der Waals surface area contributed by atoms with Gasteiger partial charge in [0.1, 0.15) is 17.9 Å². The summed E-state index contributed by atoms with van der Waals surface area (Å²) in [4.78, 5) is 12.1. The molecule has 0 bridgehead atoms. The zero-order valence-corrected chi connectivity index (χ0v) is 11.9. The topological polar surface area (TPSA) is 64.1 Å². The summed E-state index contributed by atoms with van der Waals surface area (Å²) in [6.07, 6.45) is -3.14. The molecule has 0 fully saturated rings. The third-order valence-corrected chi connectivity index (χ3v) is 3.10. The molecule has 2 rings (SSSR count). The summed E-state index contributed by atoms with van der Waals surface area (Å²) in [6.45, 7) is 3.51. The number of ether oxygens (including phenoxy) is 1. The minimum Gasteiger partial charge on any atom is -0.489 e. The molecule has 0 saturated carbocycles. The number of hydrogen-bond acceptors (Lipinski definition) is 5. The van der Waals surface area contributed by atoms with Crippen molar-refractivity contribution in [2.24, 2.45) is 0 Å². The fourth-order valence-corrected chi connectivity index (χ4v) is 1.99. The Kier molecular flexibility index (Phi) is 4.76. The van der Waals surface area contributed by atoms with Crippen LogP contribution in [0, 0.1) is 0 Å². The second-order valence-corrected chi connectivity index (χ2v) is 4.84. The first-order chi connectivity index (χ1) is 10.4. The smallest absolute Gasteiger partial charge is 0.416 e. The molecular weight excluding hydrogens is 319 g/mol. The van der Waals surface area contributed by atoms with Crippen LogP contribution in [0.5, 0.6) is 5.75 Å². The van der Waals surface area contributed by atoms with Gasteiger partial charge in [0.05, 0.1) is 11.1 Å². The Balaban J connectivity index is 2.35. The largest absolute Gasteiger partial charge is 0.489 e. The minimum atomic E-state index is -4.56. The van der Waals surface area contributed by atoms with E-state index in [2.05, 4.69) is 22.1 Å². The molecule has 0 atom stereocenters. The summed E-state index contributed by atoms with van der Waals surface area (Å²) in [6, 6.07) is 2.68. The van der Waals surface area contributed by atoms with Crippen molar-refractivity contribution in [1.82, 2.24) is 10.2 Å².